The Morgan fingerprint density at radius 2 is 2.00 bits per heavy atom. The van der Waals surface area contributed by atoms with E-state index in [2.05, 4.69) is 19.1 Å². The molecule has 0 aromatic heterocycles. The molecule has 1 aromatic carbocycles. The van der Waals surface area contributed by atoms with Crippen LogP contribution in [0.2, 0.25) is 0 Å². The molecule has 1 unspecified atom stereocenters. The Labute approximate surface area is 90.5 Å². The molecule has 0 spiro atoms. The van der Waals surface area contributed by atoms with Gasteiger partial charge in [0.25, 0.3) is 0 Å². The van der Waals surface area contributed by atoms with Gasteiger partial charge in [0.15, 0.2) is 0 Å². The Balaban J connectivity index is 1.84. The molecule has 0 amide bonds. The molecule has 1 aromatic rings. The molecular formula is C13H15O2. The van der Waals surface area contributed by atoms with Gasteiger partial charge in [-0.3, -0.25) is 0 Å². The van der Waals surface area contributed by atoms with E-state index >= 15 is 0 Å². The van der Waals surface area contributed by atoms with Gasteiger partial charge in [0.05, 0.1) is 0 Å². The fraction of sp³-hybridized carbons (Fsp3) is 0.308. The van der Waals surface area contributed by atoms with Gasteiger partial charge in [0.1, 0.15) is 12.0 Å². The molecule has 1 aliphatic heterocycles. The first-order valence-corrected chi connectivity index (χ1v) is 5.23. The van der Waals surface area contributed by atoms with Crippen molar-refractivity contribution in [3.63, 3.8) is 0 Å². The third kappa shape index (κ3) is 2.75. The summed E-state index contributed by atoms with van der Waals surface area (Å²) in [5.41, 5.74) is 1.23. The lowest BCUT2D eigenvalue weighted by molar-refractivity contribution is -0.0314. The molecule has 15 heavy (non-hydrogen) atoms. The van der Waals surface area contributed by atoms with Crippen LogP contribution in [0.25, 0.3) is 0 Å². The van der Waals surface area contributed by atoms with Crippen LogP contribution in [-0.2, 0) is 15.9 Å². The molecule has 2 rings (SSSR count). The first-order valence-electron chi connectivity index (χ1n) is 5.23. The van der Waals surface area contributed by atoms with Crippen molar-refractivity contribution >= 4 is 0 Å². The smallest absolute Gasteiger partial charge is 0.244 e. The maximum Gasteiger partial charge on any atom is 0.244 e. The highest BCUT2D eigenvalue weighted by Gasteiger charge is 2.18. The SMILES string of the molecule is [CH2]CCC1=COC(Cc2ccccc2)O1. The summed E-state index contributed by atoms with van der Waals surface area (Å²) in [6, 6.07) is 10.2. The van der Waals surface area contributed by atoms with Gasteiger partial charge in [0, 0.05) is 12.8 Å². The summed E-state index contributed by atoms with van der Waals surface area (Å²) < 4.78 is 11.0. The molecule has 0 N–H and O–H groups in total. The normalized spacial score (nSPS) is 19.3. The van der Waals surface area contributed by atoms with Gasteiger partial charge in [-0.1, -0.05) is 37.3 Å². The van der Waals surface area contributed by atoms with Gasteiger partial charge < -0.3 is 9.47 Å². The summed E-state index contributed by atoms with van der Waals surface area (Å²) in [4.78, 5) is 0. The van der Waals surface area contributed by atoms with Gasteiger partial charge in [-0.2, -0.15) is 0 Å². The number of ether oxygens (including phenoxy) is 2. The molecule has 0 saturated carbocycles. The van der Waals surface area contributed by atoms with Gasteiger partial charge in [-0.25, -0.2) is 0 Å². The summed E-state index contributed by atoms with van der Waals surface area (Å²) in [5.74, 6) is 0.908. The molecule has 2 nitrogen and oxygen atoms in total. The molecule has 1 atom stereocenters. The standard InChI is InChI=1S/C13H15O2/c1-2-6-12-10-14-13(15-12)9-11-7-4-3-5-8-11/h3-5,7-8,10,13H,1-2,6,9H2. The van der Waals surface area contributed by atoms with Crippen molar-refractivity contribution in [2.75, 3.05) is 0 Å². The molecule has 2 heteroatoms. The zero-order valence-electron chi connectivity index (χ0n) is 8.69. The predicted octanol–water partition coefficient (Wildman–Crippen LogP) is 3.06. The largest absolute Gasteiger partial charge is 0.459 e. The van der Waals surface area contributed by atoms with Crippen LogP contribution in [0.15, 0.2) is 42.4 Å². The third-order valence-corrected chi connectivity index (χ3v) is 2.30. The Bertz CT molecular complexity index is 330. The quantitative estimate of drug-likeness (QED) is 0.748. The highest BCUT2D eigenvalue weighted by Crippen LogP contribution is 2.21. The van der Waals surface area contributed by atoms with Crippen molar-refractivity contribution in [2.24, 2.45) is 0 Å². The molecule has 0 bridgehead atoms. The number of benzene rings is 1. The van der Waals surface area contributed by atoms with E-state index < -0.39 is 0 Å². The van der Waals surface area contributed by atoms with Gasteiger partial charge >= 0.3 is 0 Å². The van der Waals surface area contributed by atoms with Crippen LogP contribution in [-0.4, -0.2) is 6.29 Å². The Morgan fingerprint density at radius 1 is 1.20 bits per heavy atom. The topological polar surface area (TPSA) is 18.5 Å². The van der Waals surface area contributed by atoms with Gasteiger partial charge in [-0.05, 0) is 12.0 Å². The first kappa shape index (κ1) is 10.1. The van der Waals surface area contributed by atoms with E-state index in [0.29, 0.717) is 0 Å². The van der Waals surface area contributed by atoms with Crippen LogP contribution in [0.5, 0.6) is 0 Å². The van der Waals surface area contributed by atoms with Crippen LogP contribution in [0.1, 0.15) is 18.4 Å². The van der Waals surface area contributed by atoms with E-state index in [-0.39, 0.29) is 6.29 Å². The van der Waals surface area contributed by atoms with Crippen molar-refractivity contribution in [1.29, 1.82) is 0 Å². The molecule has 0 fully saturated rings. The molecule has 0 saturated heterocycles. The average Bonchev–Trinajstić information content (AvgIpc) is 2.68. The third-order valence-electron chi connectivity index (χ3n) is 2.30. The summed E-state index contributed by atoms with van der Waals surface area (Å²) in [5, 5.41) is 0. The highest BCUT2D eigenvalue weighted by molar-refractivity contribution is 5.15. The lowest BCUT2D eigenvalue weighted by atomic mass is 10.1. The minimum absolute atomic E-state index is 0.158. The highest BCUT2D eigenvalue weighted by atomic mass is 16.7. The van der Waals surface area contributed by atoms with E-state index in [4.69, 9.17) is 9.47 Å². The summed E-state index contributed by atoms with van der Waals surface area (Å²) in [7, 11) is 0. The summed E-state index contributed by atoms with van der Waals surface area (Å²) in [6.07, 6.45) is 4.03. The van der Waals surface area contributed by atoms with E-state index in [0.717, 1.165) is 25.0 Å². The van der Waals surface area contributed by atoms with Crippen molar-refractivity contribution in [3.05, 3.63) is 54.8 Å². The second-order valence-corrected chi connectivity index (χ2v) is 3.56. The van der Waals surface area contributed by atoms with Crippen LogP contribution in [0.4, 0.5) is 0 Å². The monoisotopic (exact) mass is 203 g/mol. The van der Waals surface area contributed by atoms with Gasteiger partial charge in [0.2, 0.25) is 6.29 Å². The molecular weight excluding hydrogens is 188 g/mol. The molecule has 79 valence electrons. The Kier molecular flexibility index (Phi) is 3.28. The van der Waals surface area contributed by atoms with Crippen LogP contribution >= 0.6 is 0 Å². The van der Waals surface area contributed by atoms with E-state index in [1.807, 2.05) is 18.2 Å². The van der Waals surface area contributed by atoms with Crippen molar-refractivity contribution in [3.8, 4) is 0 Å². The summed E-state index contributed by atoms with van der Waals surface area (Å²) >= 11 is 0. The van der Waals surface area contributed by atoms with Crippen LogP contribution in [0.3, 0.4) is 0 Å². The Hall–Kier alpha value is -1.44. The predicted molar refractivity (Wildman–Crippen MR) is 58.8 cm³/mol. The van der Waals surface area contributed by atoms with Crippen LogP contribution in [0, 0.1) is 6.92 Å². The fourth-order valence-corrected chi connectivity index (χ4v) is 1.56. The second kappa shape index (κ2) is 4.87. The maximum atomic E-state index is 5.60. The van der Waals surface area contributed by atoms with Crippen LogP contribution < -0.4 is 0 Å². The fourth-order valence-electron chi connectivity index (χ4n) is 1.56. The van der Waals surface area contributed by atoms with Gasteiger partial charge in [-0.15, -0.1) is 0 Å². The lowest BCUT2D eigenvalue weighted by Gasteiger charge is -2.11. The number of allylic oxidation sites excluding steroid dienone is 1. The zero-order valence-corrected chi connectivity index (χ0v) is 8.69. The first-order chi connectivity index (χ1) is 7.38. The number of hydrogen-bond acceptors (Lipinski definition) is 2. The molecule has 1 aliphatic rings. The van der Waals surface area contributed by atoms with E-state index in [1.54, 1.807) is 6.26 Å². The van der Waals surface area contributed by atoms with Crippen molar-refractivity contribution < 1.29 is 9.47 Å². The molecule has 0 aliphatic carbocycles. The molecule has 1 heterocycles. The number of hydrogen-bond donors (Lipinski definition) is 0. The van der Waals surface area contributed by atoms with E-state index in [1.165, 1.54) is 5.56 Å². The van der Waals surface area contributed by atoms with E-state index in [9.17, 15) is 0 Å². The average molecular weight is 203 g/mol. The van der Waals surface area contributed by atoms with Crippen molar-refractivity contribution in [1.82, 2.24) is 0 Å². The second-order valence-electron chi connectivity index (χ2n) is 3.56. The van der Waals surface area contributed by atoms with Crippen molar-refractivity contribution in [2.45, 2.75) is 25.6 Å². The maximum absolute atomic E-state index is 5.60. The molecule has 1 radical (unpaired) electrons. The Morgan fingerprint density at radius 3 is 2.73 bits per heavy atom. The lowest BCUT2D eigenvalue weighted by Crippen LogP contribution is -2.12. The minimum atomic E-state index is -0.158. The number of rotatable bonds is 4. The minimum Gasteiger partial charge on any atom is -0.459 e. The summed E-state index contributed by atoms with van der Waals surface area (Å²) in [6.45, 7) is 3.78. The zero-order chi connectivity index (χ0) is 10.5.